The fourth-order valence-electron chi connectivity index (χ4n) is 2.43. The van der Waals surface area contributed by atoms with Crippen molar-refractivity contribution in [3.63, 3.8) is 0 Å². The maximum atomic E-state index is 3.37. The average molecular weight is 216 g/mol. The molecule has 2 rings (SSSR count). The number of hydrogen-bond acceptors (Lipinski definition) is 1. The van der Waals surface area contributed by atoms with Gasteiger partial charge in [-0.2, -0.15) is 0 Å². The highest BCUT2D eigenvalue weighted by Crippen LogP contribution is 2.19. The van der Waals surface area contributed by atoms with Gasteiger partial charge >= 0.3 is 0 Å². The van der Waals surface area contributed by atoms with Crippen LogP contribution in [0, 0.1) is 12.5 Å². The van der Waals surface area contributed by atoms with Crippen molar-refractivity contribution < 1.29 is 0 Å². The maximum absolute atomic E-state index is 3.37. The molecule has 1 fully saturated rings. The largest absolute Gasteiger partial charge is 0.312 e. The van der Waals surface area contributed by atoms with Crippen molar-refractivity contribution in [1.29, 1.82) is 0 Å². The Balaban J connectivity index is 1.58. The topological polar surface area (TPSA) is 12.0 Å². The average Bonchev–Trinajstić information content (AvgIpc) is 2.37. The summed E-state index contributed by atoms with van der Waals surface area (Å²) in [4.78, 5) is 0. The molecule has 1 N–H and O–H groups in total. The first-order chi connectivity index (χ1) is 7.95. The lowest BCUT2D eigenvalue weighted by Crippen LogP contribution is -2.26. The van der Waals surface area contributed by atoms with Crippen molar-refractivity contribution >= 4 is 0 Å². The molecule has 1 aliphatic rings. The fraction of sp³-hybridized carbons (Fsp3) is 0.533. The van der Waals surface area contributed by atoms with E-state index in [0.29, 0.717) is 0 Å². The molecular formula is C15H22N. The minimum Gasteiger partial charge on any atom is -0.312 e. The molecule has 0 saturated carbocycles. The predicted molar refractivity (Wildman–Crippen MR) is 69.0 cm³/mol. The molecule has 1 aromatic rings. The summed E-state index contributed by atoms with van der Waals surface area (Å²) < 4.78 is 0. The molecule has 1 unspecified atom stereocenters. The summed E-state index contributed by atoms with van der Waals surface area (Å²) in [6, 6.07) is 10.8. The van der Waals surface area contributed by atoms with Gasteiger partial charge in [0.15, 0.2) is 0 Å². The molecule has 0 spiro atoms. The van der Waals surface area contributed by atoms with E-state index in [2.05, 4.69) is 42.2 Å². The van der Waals surface area contributed by atoms with Gasteiger partial charge in [-0.05, 0) is 50.1 Å². The molecule has 1 radical (unpaired) electrons. The summed E-state index contributed by atoms with van der Waals surface area (Å²) in [6.07, 6.45) is 7.99. The zero-order valence-electron chi connectivity index (χ0n) is 9.99. The fourth-order valence-corrected chi connectivity index (χ4v) is 2.43. The lowest BCUT2D eigenvalue weighted by atomic mass is 9.93. The normalized spacial score (nSPS) is 20.9. The summed E-state index contributed by atoms with van der Waals surface area (Å²) in [5, 5.41) is 3.37. The van der Waals surface area contributed by atoms with Crippen molar-refractivity contribution in [2.24, 2.45) is 5.92 Å². The second-order valence-electron chi connectivity index (χ2n) is 4.79. The Hall–Kier alpha value is -0.820. The van der Waals surface area contributed by atoms with E-state index in [4.69, 9.17) is 0 Å². The van der Waals surface area contributed by atoms with E-state index in [1.165, 1.54) is 50.6 Å². The van der Waals surface area contributed by atoms with Gasteiger partial charge in [0.2, 0.25) is 0 Å². The maximum Gasteiger partial charge on any atom is 0.0221 e. The molecule has 0 bridgehead atoms. The number of piperidine rings is 1. The van der Waals surface area contributed by atoms with Gasteiger partial charge in [-0.3, -0.25) is 0 Å². The molecule has 0 amide bonds. The van der Waals surface area contributed by atoms with Crippen molar-refractivity contribution in [2.75, 3.05) is 6.54 Å². The summed E-state index contributed by atoms with van der Waals surface area (Å²) in [5.41, 5.74) is 1.48. The Bertz CT molecular complexity index is 275. The van der Waals surface area contributed by atoms with E-state index < -0.39 is 0 Å². The first-order valence-electron chi connectivity index (χ1n) is 6.54. The molecule has 1 heteroatoms. The Kier molecular flexibility index (Phi) is 4.88. The van der Waals surface area contributed by atoms with Crippen LogP contribution >= 0.6 is 0 Å². The van der Waals surface area contributed by atoms with E-state index >= 15 is 0 Å². The highest BCUT2D eigenvalue weighted by molar-refractivity contribution is 5.14. The van der Waals surface area contributed by atoms with Crippen LogP contribution in [0.15, 0.2) is 30.3 Å². The Labute approximate surface area is 99.3 Å². The lowest BCUT2D eigenvalue weighted by molar-refractivity contribution is 0.374. The molecule has 1 aromatic carbocycles. The molecule has 1 nitrogen and oxygen atoms in total. The minimum absolute atomic E-state index is 0.917. The van der Waals surface area contributed by atoms with Crippen molar-refractivity contribution in [2.45, 2.75) is 38.5 Å². The van der Waals surface area contributed by atoms with E-state index in [1.54, 1.807) is 0 Å². The Morgan fingerprint density at radius 2 is 2.00 bits per heavy atom. The van der Waals surface area contributed by atoms with Crippen molar-refractivity contribution in [3.8, 4) is 0 Å². The molecule has 16 heavy (non-hydrogen) atoms. The Morgan fingerprint density at radius 1 is 1.12 bits per heavy atom. The third-order valence-corrected chi connectivity index (χ3v) is 3.44. The smallest absolute Gasteiger partial charge is 0.0221 e. The van der Waals surface area contributed by atoms with E-state index in [9.17, 15) is 0 Å². The van der Waals surface area contributed by atoms with Crippen molar-refractivity contribution in [3.05, 3.63) is 42.4 Å². The van der Waals surface area contributed by atoms with E-state index in [0.717, 1.165) is 5.92 Å². The summed E-state index contributed by atoms with van der Waals surface area (Å²) in [7, 11) is 0. The van der Waals surface area contributed by atoms with Gasteiger partial charge in [-0.1, -0.05) is 36.8 Å². The van der Waals surface area contributed by atoms with Crippen LogP contribution < -0.4 is 5.32 Å². The van der Waals surface area contributed by atoms with Gasteiger partial charge < -0.3 is 5.32 Å². The standard InChI is InChI=1S/C15H22N/c1-2-7-14(8-3-1)9-4-5-10-15-11-6-12-16-13-15/h1-3,7-8,12,15-16H,4-6,9-11,13H2. The van der Waals surface area contributed by atoms with Gasteiger partial charge in [0.25, 0.3) is 0 Å². The zero-order chi connectivity index (χ0) is 11.1. The number of aryl methyl sites for hydroxylation is 1. The predicted octanol–water partition coefficient (Wildman–Crippen LogP) is 3.56. The SMILES string of the molecule is [CH]1CCC(CCCCc2ccccc2)CN1. The molecule has 1 atom stereocenters. The lowest BCUT2D eigenvalue weighted by Gasteiger charge is -2.22. The molecule has 1 saturated heterocycles. The number of rotatable bonds is 5. The van der Waals surface area contributed by atoms with Crippen LogP contribution in [-0.4, -0.2) is 6.54 Å². The van der Waals surface area contributed by atoms with Gasteiger partial charge in [-0.25, -0.2) is 0 Å². The molecule has 87 valence electrons. The van der Waals surface area contributed by atoms with Gasteiger partial charge in [0.1, 0.15) is 0 Å². The number of hydrogen-bond donors (Lipinski definition) is 1. The second-order valence-corrected chi connectivity index (χ2v) is 4.79. The van der Waals surface area contributed by atoms with Crippen LogP contribution in [-0.2, 0) is 6.42 Å². The first-order valence-corrected chi connectivity index (χ1v) is 6.54. The van der Waals surface area contributed by atoms with Crippen molar-refractivity contribution in [1.82, 2.24) is 5.32 Å². The van der Waals surface area contributed by atoms with E-state index in [-0.39, 0.29) is 0 Å². The van der Waals surface area contributed by atoms with Crippen LogP contribution in [0.25, 0.3) is 0 Å². The van der Waals surface area contributed by atoms with Crippen LogP contribution in [0.2, 0.25) is 0 Å². The molecule has 1 heterocycles. The van der Waals surface area contributed by atoms with Crippen LogP contribution in [0.3, 0.4) is 0 Å². The van der Waals surface area contributed by atoms with Crippen LogP contribution in [0.4, 0.5) is 0 Å². The van der Waals surface area contributed by atoms with Gasteiger partial charge in [0.05, 0.1) is 0 Å². The summed E-state index contributed by atoms with van der Waals surface area (Å²) >= 11 is 0. The Morgan fingerprint density at radius 3 is 2.75 bits per heavy atom. The highest BCUT2D eigenvalue weighted by Gasteiger charge is 2.11. The van der Waals surface area contributed by atoms with Crippen LogP contribution in [0.5, 0.6) is 0 Å². The quantitative estimate of drug-likeness (QED) is 0.742. The van der Waals surface area contributed by atoms with Gasteiger partial charge in [-0.15, -0.1) is 0 Å². The molecule has 1 aliphatic heterocycles. The van der Waals surface area contributed by atoms with E-state index in [1.807, 2.05) is 0 Å². The van der Waals surface area contributed by atoms with Gasteiger partial charge in [0, 0.05) is 6.54 Å². The molecule has 0 aromatic heterocycles. The number of nitrogens with one attached hydrogen (secondary N) is 1. The third-order valence-electron chi connectivity index (χ3n) is 3.44. The highest BCUT2D eigenvalue weighted by atomic mass is 14.9. The number of benzene rings is 1. The zero-order valence-corrected chi connectivity index (χ0v) is 9.99. The first kappa shape index (κ1) is 11.7. The molecule has 0 aliphatic carbocycles. The summed E-state index contributed by atoms with van der Waals surface area (Å²) in [6.45, 7) is 3.41. The number of unbranched alkanes of at least 4 members (excludes halogenated alkanes) is 1. The van der Waals surface area contributed by atoms with Crippen LogP contribution in [0.1, 0.15) is 37.7 Å². The summed E-state index contributed by atoms with van der Waals surface area (Å²) in [5.74, 6) is 0.917. The molecular weight excluding hydrogens is 194 g/mol. The third kappa shape index (κ3) is 3.97. The second kappa shape index (κ2) is 6.70. The monoisotopic (exact) mass is 216 g/mol. The minimum atomic E-state index is 0.917.